The first-order valence-corrected chi connectivity index (χ1v) is 7.86. The number of nitrogens with one attached hydrogen (secondary N) is 1. The molecule has 1 aromatic heterocycles. The molecule has 0 aromatic carbocycles. The third-order valence-corrected chi connectivity index (χ3v) is 5.24. The smallest absolute Gasteiger partial charge is 0.148 e. The van der Waals surface area contributed by atoms with E-state index in [1.165, 1.54) is 32.1 Å². The maximum atomic E-state index is 5.64. The minimum atomic E-state index is 0.559. The van der Waals surface area contributed by atoms with Gasteiger partial charge in [-0.2, -0.15) is 0 Å². The van der Waals surface area contributed by atoms with E-state index in [0.717, 1.165) is 47.9 Å². The Labute approximate surface area is 119 Å². The summed E-state index contributed by atoms with van der Waals surface area (Å²) in [5.74, 6) is 10.9. The van der Waals surface area contributed by atoms with Crippen LogP contribution in [0.1, 0.15) is 49.4 Å². The molecule has 1 saturated heterocycles. The summed E-state index contributed by atoms with van der Waals surface area (Å²) in [6.45, 7) is 4.41. The van der Waals surface area contributed by atoms with Crippen molar-refractivity contribution in [3.8, 4) is 0 Å². The first-order chi connectivity index (χ1) is 9.76. The van der Waals surface area contributed by atoms with Gasteiger partial charge in [-0.15, -0.1) is 0 Å². The fourth-order valence-corrected chi connectivity index (χ4v) is 3.90. The Hall–Kier alpha value is -1.36. The van der Waals surface area contributed by atoms with Crippen molar-refractivity contribution < 1.29 is 0 Å². The Morgan fingerprint density at radius 1 is 1.10 bits per heavy atom. The van der Waals surface area contributed by atoms with E-state index >= 15 is 0 Å². The van der Waals surface area contributed by atoms with E-state index in [-0.39, 0.29) is 0 Å². The van der Waals surface area contributed by atoms with Gasteiger partial charge in [-0.3, -0.25) is 0 Å². The van der Waals surface area contributed by atoms with Crippen LogP contribution in [0.5, 0.6) is 0 Å². The SMILES string of the molecule is Cc1c(NN)nc(C2CC2)nc1N1CC2CCCC2C1. The van der Waals surface area contributed by atoms with Gasteiger partial charge in [0.05, 0.1) is 0 Å². The number of aromatic nitrogens is 2. The Balaban J connectivity index is 1.67. The summed E-state index contributed by atoms with van der Waals surface area (Å²) >= 11 is 0. The maximum Gasteiger partial charge on any atom is 0.148 e. The summed E-state index contributed by atoms with van der Waals surface area (Å²) in [6.07, 6.45) is 6.63. The number of fused-ring (bicyclic) bond motifs is 1. The highest BCUT2D eigenvalue weighted by Gasteiger charge is 2.38. The van der Waals surface area contributed by atoms with Crippen LogP contribution in [0.25, 0.3) is 0 Å². The van der Waals surface area contributed by atoms with E-state index in [0.29, 0.717) is 5.92 Å². The lowest BCUT2D eigenvalue weighted by Crippen LogP contribution is -2.25. The van der Waals surface area contributed by atoms with Crippen LogP contribution < -0.4 is 16.2 Å². The second-order valence-electron chi connectivity index (χ2n) is 6.65. The number of rotatable bonds is 3. The second-order valence-corrected chi connectivity index (χ2v) is 6.65. The Bertz CT molecular complexity index is 513. The lowest BCUT2D eigenvalue weighted by Gasteiger charge is -2.22. The third kappa shape index (κ3) is 1.95. The lowest BCUT2D eigenvalue weighted by molar-refractivity contribution is 0.494. The van der Waals surface area contributed by atoms with Gasteiger partial charge in [-0.05, 0) is 44.4 Å². The average Bonchev–Trinajstić information content (AvgIpc) is 3.07. The highest BCUT2D eigenvalue weighted by molar-refractivity contribution is 5.59. The van der Waals surface area contributed by atoms with Crippen LogP contribution >= 0.6 is 0 Å². The van der Waals surface area contributed by atoms with Gasteiger partial charge < -0.3 is 10.3 Å². The summed E-state index contributed by atoms with van der Waals surface area (Å²) in [5, 5.41) is 0. The molecule has 2 atom stereocenters. The number of nitrogen functional groups attached to an aromatic ring is 1. The molecule has 20 heavy (non-hydrogen) atoms. The standard InChI is InChI=1S/C15H23N5/c1-9-13(19-16)17-14(10-5-6-10)18-15(9)20-7-11-3-2-4-12(11)8-20/h10-12H,2-8,16H2,1H3,(H,17,18,19). The lowest BCUT2D eigenvalue weighted by atomic mass is 10.0. The summed E-state index contributed by atoms with van der Waals surface area (Å²) in [4.78, 5) is 11.9. The zero-order valence-electron chi connectivity index (χ0n) is 12.1. The number of hydrazine groups is 1. The largest absolute Gasteiger partial charge is 0.356 e. The van der Waals surface area contributed by atoms with Crippen LogP contribution in [0.2, 0.25) is 0 Å². The molecule has 108 valence electrons. The normalized spacial score (nSPS) is 28.8. The molecule has 2 heterocycles. The minimum absolute atomic E-state index is 0.559. The predicted octanol–water partition coefficient (Wildman–Crippen LogP) is 2.18. The van der Waals surface area contributed by atoms with Gasteiger partial charge in [0, 0.05) is 24.6 Å². The third-order valence-electron chi connectivity index (χ3n) is 5.24. The van der Waals surface area contributed by atoms with Crippen molar-refractivity contribution in [3.63, 3.8) is 0 Å². The van der Waals surface area contributed by atoms with Gasteiger partial charge in [-0.25, -0.2) is 15.8 Å². The molecule has 5 nitrogen and oxygen atoms in total. The molecule has 3 aliphatic rings. The predicted molar refractivity (Wildman–Crippen MR) is 79.6 cm³/mol. The van der Waals surface area contributed by atoms with Crippen LogP contribution in [0, 0.1) is 18.8 Å². The van der Waals surface area contributed by atoms with E-state index in [4.69, 9.17) is 10.8 Å². The summed E-state index contributed by atoms with van der Waals surface area (Å²) in [5.41, 5.74) is 3.85. The zero-order chi connectivity index (χ0) is 13.7. The first kappa shape index (κ1) is 12.4. The van der Waals surface area contributed by atoms with Gasteiger partial charge in [0.1, 0.15) is 17.5 Å². The molecule has 5 heteroatoms. The molecule has 1 aromatic rings. The van der Waals surface area contributed by atoms with Crippen LogP contribution in [-0.2, 0) is 0 Å². The highest BCUT2D eigenvalue weighted by Crippen LogP contribution is 2.43. The summed E-state index contributed by atoms with van der Waals surface area (Å²) in [7, 11) is 0. The maximum absolute atomic E-state index is 5.64. The van der Waals surface area contributed by atoms with Crippen molar-refractivity contribution in [3.05, 3.63) is 11.4 Å². The summed E-state index contributed by atoms with van der Waals surface area (Å²) < 4.78 is 0. The highest BCUT2D eigenvalue weighted by atomic mass is 15.3. The number of nitrogens with two attached hydrogens (primary N) is 1. The molecule has 2 unspecified atom stereocenters. The molecule has 0 bridgehead atoms. The molecule has 4 rings (SSSR count). The number of nitrogens with zero attached hydrogens (tertiary/aromatic N) is 3. The van der Waals surface area contributed by atoms with E-state index < -0.39 is 0 Å². The monoisotopic (exact) mass is 273 g/mol. The van der Waals surface area contributed by atoms with Crippen molar-refractivity contribution in [2.24, 2.45) is 17.7 Å². The van der Waals surface area contributed by atoms with Gasteiger partial charge >= 0.3 is 0 Å². The molecular weight excluding hydrogens is 250 g/mol. The Morgan fingerprint density at radius 3 is 2.40 bits per heavy atom. The topological polar surface area (TPSA) is 67.1 Å². The van der Waals surface area contributed by atoms with Crippen molar-refractivity contribution >= 4 is 11.6 Å². The molecule has 2 aliphatic carbocycles. The second kappa shape index (κ2) is 4.58. The van der Waals surface area contributed by atoms with Gasteiger partial charge in [-0.1, -0.05) is 6.42 Å². The van der Waals surface area contributed by atoms with Crippen molar-refractivity contribution in [1.82, 2.24) is 9.97 Å². The Morgan fingerprint density at radius 2 is 1.80 bits per heavy atom. The number of anilines is 2. The van der Waals surface area contributed by atoms with Gasteiger partial charge in [0.15, 0.2) is 0 Å². The molecule has 0 amide bonds. The summed E-state index contributed by atoms with van der Waals surface area (Å²) in [6, 6.07) is 0. The fourth-order valence-electron chi connectivity index (χ4n) is 3.90. The quantitative estimate of drug-likeness (QED) is 0.652. The van der Waals surface area contributed by atoms with E-state index in [1.807, 2.05) is 0 Å². The first-order valence-electron chi connectivity index (χ1n) is 7.86. The van der Waals surface area contributed by atoms with Crippen LogP contribution in [0.3, 0.4) is 0 Å². The van der Waals surface area contributed by atoms with Crippen LogP contribution in [0.15, 0.2) is 0 Å². The average molecular weight is 273 g/mol. The molecule has 3 fully saturated rings. The van der Waals surface area contributed by atoms with Crippen molar-refractivity contribution in [2.45, 2.75) is 44.9 Å². The van der Waals surface area contributed by atoms with E-state index in [2.05, 4.69) is 22.2 Å². The molecule has 1 aliphatic heterocycles. The molecule has 0 radical (unpaired) electrons. The molecular formula is C15H23N5. The zero-order valence-corrected chi connectivity index (χ0v) is 12.1. The Kier molecular flexibility index (Phi) is 2.84. The van der Waals surface area contributed by atoms with Gasteiger partial charge in [0.25, 0.3) is 0 Å². The van der Waals surface area contributed by atoms with Crippen molar-refractivity contribution in [2.75, 3.05) is 23.4 Å². The van der Waals surface area contributed by atoms with Crippen molar-refractivity contribution in [1.29, 1.82) is 0 Å². The molecule has 2 saturated carbocycles. The van der Waals surface area contributed by atoms with E-state index in [9.17, 15) is 0 Å². The van der Waals surface area contributed by atoms with Crippen LogP contribution in [0.4, 0.5) is 11.6 Å². The number of hydrogen-bond donors (Lipinski definition) is 2. The van der Waals surface area contributed by atoms with E-state index in [1.54, 1.807) is 0 Å². The van der Waals surface area contributed by atoms with Crippen LogP contribution in [-0.4, -0.2) is 23.1 Å². The number of hydrogen-bond acceptors (Lipinski definition) is 5. The fraction of sp³-hybridized carbons (Fsp3) is 0.733. The molecule has 3 N–H and O–H groups in total. The molecule has 0 spiro atoms. The van der Waals surface area contributed by atoms with Gasteiger partial charge in [0.2, 0.25) is 0 Å². The minimum Gasteiger partial charge on any atom is -0.356 e.